The molecule has 2 aromatic rings. The Morgan fingerprint density at radius 2 is 1.75 bits per heavy atom. The number of nitrogens with one attached hydrogen (secondary N) is 1. The van der Waals surface area contributed by atoms with Crippen molar-refractivity contribution < 1.29 is 9.84 Å². The van der Waals surface area contributed by atoms with Crippen LogP contribution in [0.15, 0.2) is 50.4 Å². The molecule has 0 saturated heterocycles. The van der Waals surface area contributed by atoms with Crippen LogP contribution in [0.4, 0.5) is 5.69 Å². The van der Waals surface area contributed by atoms with Crippen molar-refractivity contribution in [3.05, 3.63) is 50.9 Å². The molecule has 0 amide bonds. The number of benzene rings is 2. The third-order valence-corrected chi connectivity index (χ3v) is 3.75. The molecule has 0 atom stereocenters. The maximum absolute atomic E-state index is 9.62. The second-order valence-electron chi connectivity index (χ2n) is 3.93. The fraction of sp³-hybridized carbons (Fsp3) is 0.0714. The minimum absolute atomic E-state index is 0.172. The molecule has 0 saturated carbocycles. The highest BCUT2D eigenvalue weighted by Crippen LogP contribution is 2.32. The fourth-order valence-electron chi connectivity index (χ4n) is 1.51. The molecular formula is C14H12Br2N2O2. The molecule has 0 fully saturated rings. The topological polar surface area (TPSA) is 53.8 Å². The smallest absolute Gasteiger partial charge is 0.143 e. The van der Waals surface area contributed by atoms with E-state index >= 15 is 0 Å². The minimum atomic E-state index is 0.172. The van der Waals surface area contributed by atoms with E-state index in [-0.39, 0.29) is 5.75 Å². The average Bonchev–Trinajstić information content (AvgIpc) is 2.45. The van der Waals surface area contributed by atoms with Gasteiger partial charge in [0, 0.05) is 0 Å². The monoisotopic (exact) mass is 398 g/mol. The standard InChI is InChI=1S/C14H12Br2N2O2/c1-20-11-4-2-10(3-5-11)18-17-8-9-6-12(15)14(19)13(16)7-9/h2-8,18-19H,1H3/b17-8+. The molecule has 0 aliphatic carbocycles. The summed E-state index contributed by atoms with van der Waals surface area (Å²) in [5.74, 6) is 0.969. The van der Waals surface area contributed by atoms with E-state index < -0.39 is 0 Å². The third kappa shape index (κ3) is 3.74. The van der Waals surface area contributed by atoms with E-state index in [0.717, 1.165) is 17.0 Å². The second-order valence-corrected chi connectivity index (χ2v) is 5.64. The summed E-state index contributed by atoms with van der Waals surface area (Å²) < 4.78 is 6.30. The summed E-state index contributed by atoms with van der Waals surface area (Å²) in [6.45, 7) is 0. The van der Waals surface area contributed by atoms with Crippen molar-refractivity contribution in [2.75, 3.05) is 12.5 Å². The van der Waals surface area contributed by atoms with Gasteiger partial charge in [0.2, 0.25) is 0 Å². The van der Waals surface area contributed by atoms with Crippen molar-refractivity contribution in [3.8, 4) is 11.5 Å². The van der Waals surface area contributed by atoms with E-state index in [1.54, 1.807) is 25.5 Å². The molecule has 2 aromatic carbocycles. The Bertz CT molecular complexity index is 605. The molecule has 4 nitrogen and oxygen atoms in total. The molecule has 2 rings (SSSR count). The van der Waals surface area contributed by atoms with Crippen molar-refractivity contribution in [2.24, 2.45) is 5.10 Å². The van der Waals surface area contributed by atoms with Gasteiger partial charge in [-0.1, -0.05) is 0 Å². The number of aromatic hydroxyl groups is 1. The number of methoxy groups -OCH3 is 1. The highest BCUT2D eigenvalue weighted by atomic mass is 79.9. The predicted molar refractivity (Wildman–Crippen MR) is 87.7 cm³/mol. The van der Waals surface area contributed by atoms with Crippen LogP contribution in [0, 0.1) is 0 Å². The molecule has 2 N–H and O–H groups in total. The van der Waals surface area contributed by atoms with Crippen molar-refractivity contribution >= 4 is 43.8 Å². The number of halogens is 2. The lowest BCUT2D eigenvalue weighted by Crippen LogP contribution is -1.91. The molecular weight excluding hydrogens is 388 g/mol. The number of anilines is 1. The van der Waals surface area contributed by atoms with E-state index in [4.69, 9.17) is 4.74 Å². The largest absolute Gasteiger partial charge is 0.506 e. The lowest BCUT2D eigenvalue weighted by Gasteiger charge is -2.03. The summed E-state index contributed by atoms with van der Waals surface area (Å²) in [6.07, 6.45) is 1.67. The number of hydrogen-bond acceptors (Lipinski definition) is 4. The first-order chi connectivity index (χ1) is 9.60. The first-order valence-corrected chi connectivity index (χ1v) is 7.30. The zero-order valence-corrected chi connectivity index (χ0v) is 13.8. The van der Waals surface area contributed by atoms with E-state index in [1.165, 1.54) is 0 Å². The zero-order chi connectivity index (χ0) is 14.5. The normalized spacial score (nSPS) is 10.8. The van der Waals surface area contributed by atoms with Crippen molar-refractivity contribution in [1.82, 2.24) is 0 Å². The molecule has 104 valence electrons. The zero-order valence-electron chi connectivity index (χ0n) is 10.6. The average molecular weight is 400 g/mol. The summed E-state index contributed by atoms with van der Waals surface area (Å²) >= 11 is 6.55. The van der Waals surface area contributed by atoms with Crippen molar-refractivity contribution in [2.45, 2.75) is 0 Å². The van der Waals surface area contributed by atoms with Gasteiger partial charge >= 0.3 is 0 Å². The number of rotatable bonds is 4. The Kier molecular flexibility index (Phi) is 5.03. The maximum atomic E-state index is 9.62. The van der Waals surface area contributed by atoms with Gasteiger partial charge in [0.1, 0.15) is 11.5 Å². The van der Waals surface area contributed by atoms with Gasteiger partial charge in [-0.15, -0.1) is 0 Å². The van der Waals surface area contributed by atoms with E-state index in [1.807, 2.05) is 24.3 Å². The Labute approximate surface area is 133 Å². The molecule has 0 bridgehead atoms. The summed E-state index contributed by atoms with van der Waals surface area (Å²) in [6, 6.07) is 11.0. The summed E-state index contributed by atoms with van der Waals surface area (Å²) in [4.78, 5) is 0. The summed E-state index contributed by atoms with van der Waals surface area (Å²) in [5.41, 5.74) is 4.63. The molecule has 0 spiro atoms. The number of phenols is 1. The van der Waals surface area contributed by atoms with E-state index in [2.05, 4.69) is 42.4 Å². The first kappa shape index (κ1) is 14.9. The number of hydrogen-bond donors (Lipinski definition) is 2. The van der Waals surface area contributed by atoms with Crippen LogP contribution in [0.1, 0.15) is 5.56 Å². The van der Waals surface area contributed by atoms with Crippen LogP contribution in [0.3, 0.4) is 0 Å². The van der Waals surface area contributed by atoms with Crippen molar-refractivity contribution in [1.29, 1.82) is 0 Å². The molecule has 0 aromatic heterocycles. The summed E-state index contributed by atoms with van der Waals surface area (Å²) in [5, 5.41) is 13.8. The second kappa shape index (κ2) is 6.76. The Morgan fingerprint density at radius 3 is 2.30 bits per heavy atom. The van der Waals surface area contributed by atoms with Gasteiger partial charge < -0.3 is 9.84 Å². The third-order valence-electron chi connectivity index (χ3n) is 2.54. The Hall–Kier alpha value is -1.53. The van der Waals surface area contributed by atoms with Gasteiger partial charge in [-0.3, -0.25) is 5.43 Å². The van der Waals surface area contributed by atoms with E-state index in [0.29, 0.717) is 8.95 Å². The molecule has 20 heavy (non-hydrogen) atoms. The van der Waals surface area contributed by atoms with Gasteiger partial charge in [-0.05, 0) is 73.8 Å². The van der Waals surface area contributed by atoms with Gasteiger partial charge in [0.05, 0.1) is 28.0 Å². The Morgan fingerprint density at radius 1 is 1.15 bits per heavy atom. The van der Waals surface area contributed by atoms with Crippen LogP contribution >= 0.6 is 31.9 Å². The summed E-state index contributed by atoms with van der Waals surface area (Å²) in [7, 11) is 1.63. The van der Waals surface area contributed by atoms with Crippen LogP contribution in [0.5, 0.6) is 11.5 Å². The first-order valence-electron chi connectivity index (χ1n) is 5.71. The van der Waals surface area contributed by atoms with Crippen LogP contribution in [0.2, 0.25) is 0 Å². The maximum Gasteiger partial charge on any atom is 0.143 e. The lowest BCUT2D eigenvalue weighted by atomic mass is 10.2. The van der Waals surface area contributed by atoms with Crippen LogP contribution in [0.25, 0.3) is 0 Å². The number of hydrazone groups is 1. The molecule has 0 aliphatic rings. The van der Waals surface area contributed by atoms with Crippen LogP contribution < -0.4 is 10.2 Å². The highest BCUT2D eigenvalue weighted by Gasteiger charge is 2.04. The van der Waals surface area contributed by atoms with Crippen LogP contribution in [-0.4, -0.2) is 18.4 Å². The van der Waals surface area contributed by atoms with Gasteiger partial charge in [0.25, 0.3) is 0 Å². The van der Waals surface area contributed by atoms with Gasteiger partial charge in [-0.25, -0.2) is 0 Å². The number of ether oxygens (including phenoxy) is 1. The number of phenolic OH excluding ortho intramolecular Hbond substituents is 1. The predicted octanol–water partition coefficient (Wildman–Crippen LogP) is 4.37. The van der Waals surface area contributed by atoms with Gasteiger partial charge in [0.15, 0.2) is 0 Å². The molecule has 0 radical (unpaired) electrons. The van der Waals surface area contributed by atoms with E-state index in [9.17, 15) is 5.11 Å². The SMILES string of the molecule is COc1ccc(N/N=C/c2cc(Br)c(O)c(Br)c2)cc1. The molecule has 0 unspecified atom stereocenters. The number of nitrogens with zero attached hydrogens (tertiary/aromatic N) is 1. The minimum Gasteiger partial charge on any atom is -0.506 e. The highest BCUT2D eigenvalue weighted by molar-refractivity contribution is 9.11. The van der Waals surface area contributed by atoms with Crippen molar-refractivity contribution in [3.63, 3.8) is 0 Å². The Balaban J connectivity index is 2.06. The lowest BCUT2D eigenvalue weighted by molar-refractivity contribution is 0.415. The fourth-order valence-corrected chi connectivity index (χ4v) is 2.73. The molecule has 0 aliphatic heterocycles. The molecule has 0 heterocycles. The van der Waals surface area contributed by atoms with Crippen LogP contribution in [-0.2, 0) is 0 Å². The molecule has 6 heteroatoms. The van der Waals surface area contributed by atoms with Gasteiger partial charge in [-0.2, -0.15) is 5.10 Å². The quantitative estimate of drug-likeness (QED) is 0.592.